The van der Waals surface area contributed by atoms with Crippen molar-refractivity contribution in [2.24, 2.45) is 5.18 Å². The van der Waals surface area contributed by atoms with Gasteiger partial charge in [0.25, 0.3) is 0 Å². The summed E-state index contributed by atoms with van der Waals surface area (Å²) in [5, 5.41) is 3.07. The molecule has 0 N–H and O–H groups in total. The smallest absolute Gasteiger partial charge is 0.113 e. The molecule has 1 aromatic heterocycles. The van der Waals surface area contributed by atoms with Gasteiger partial charge in [-0.05, 0) is 30.2 Å². The fourth-order valence-corrected chi connectivity index (χ4v) is 2.37. The van der Waals surface area contributed by atoms with Gasteiger partial charge >= 0.3 is 0 Å². The lowest BCUT2D eigenvalue weighted by molar-refractivity contribution is 0.798. The van der Waals surface area contributed by atoms with Crippen molar-refractivity contribution >= 4 is 27.2 Å². The van der Waals surface area contributed by atoms with E-state index in [4.69, 9.17) is 0 Å². The first-order valence-corrected chi connectivity index (χ1v) is 5.93. The highest BCUT2D eigenvalue weighted by molar-refractivity contribution is 7.16. The van der Waals surface area contributed by atoms with E-state index in [1.807, 2.05) is 11.6 Å². The van der Waals surface area contributed by atoms with Gasteiger partial charge in [-0.2, -0.15) is 0 Å². The molecular formula is C11H12N2OS. The summed E-state index contributed by atoms with van der Waals surface area (Å²) in [6.07, 6.45) is 3.07. The normalized spacial score (nSPS) is 10.7. The Morgan fingerprint density at radius 3 is 3.07 bits per heavy atom. The van der Waals surface area contributed by atoms with Crippen LogP contribution in [-0.2, 0) is 6.42 Å². The van der Waals surface area contributed by atoms with Crippen LogP contribution in [0.2, 0.25) is 0 Å². The number of nitrogens with zero attached hydrogens (tertiary/aromatic N) is 2. The molecule has 0 saturated heterocycles. The minimum Gasteiger partial charge on any atom is -0.244 e. The van der Waals surface area contributed by atoms with Crippen molar-refractivity contribution in [3.63, 3.8) is 0 Å². The number of aromatic nitrogens is 1. The zero-order chi connectivity index (χ0) is 10.7. The quantitative estimate of drug-likeness (QED) is 0.730. The van der Waals surface area contributed by atoms with Crippen molar-refractivity contribution in [1.29, 1.82) is 0 Å². The van der Waals surface area contributed by atoms with Gasteiger partial charge in [0.1, 0.15) is 5.69 Å². The van der Waals surface area contributed by atoms with Gasteiger partial charge in [-0.25, -0.2) is 4.98 Å². The first kappa shape index (κ1) is 10.2. The molecule has 78 valence electrons. The minimum atomic E-state index is 0.543. The molecule has 0 bridgehead atoms. The summed E-state index contributed by atoms with van der Waals surface area (Å²) in [6, 6.07) is 3.71. The van der Waals surface area contributed by atoms with Crippen LogP contribution in [0.5, 0.6) is 0 Å². The fourth-order valence-electron chi connectivity index (χ4n) is 1.66. The van der Waals surface area contributed by atoms with E-state index in [1.165, 1.54) is 0 Å². The monoisotopic (exact) mass is 220 g/mol. The topological polar surface area (TPSA) is 42.3 Å². The molecule has 0 spiro atoms. The first-order chi connectivity index (χ1) is 7.36. The second-order valence-electron chi connectivity index (χ2n) is 3.46. The van der Waals surface area contributed by atoms with Crippen molar-refractivity contribution in [1.82, 2.24) is 4.98 Å². The molecular weight excluding hydrogens is 208 g/mol. The highest BCUT2D eigenvalue weighted by atomic mass is 32.1. The van der Waals surface area contributed by atoms with E-state index in [1.54, 1.807) is 17.4 Å². The molecule has 0 saturated carbocycles. The molecule has 0 fully saturated rings. The Bertz CT molecular complexity index is 478. The predicted molar refractivity (Wildman–Crippen MR) is 63.7 cm³/mol. The molecule has 0 aliphatic rings. The number of hydrogen-bond donors (Lipinski definition) is 0. The van der Waals surface area contributed by atoms with E-state index >= 15 is 0 Å². The Kier molecular flexibility index (Phi) is 3.06. The van der Waals surface area contributed by atoms with Crippen LogP contribution in [-0.4, -0.2) is 4.98 Å². The Balaban J connectivity index is 2.52. The number of aryl methyl sites for hydroxylation is 1. The molecule has 0 atom stereocenters. The van der Waals surface area contributed by atoms with E-state index in [9.17, 15) is 4.91 Å². The number of unbranched alkanes of at least 4 members (excludes halogenated alkanes) is 1. The van der Waals surface area contributed by atoms with E-state index in [0.717, 1.165) is 35.0 Å². The number of nitroso groups, excluding NO2 is 1. The molecule has 2 rings (SSSR count). The number of rotatable bonds is 4. The Morgan fingerprint density at radius 2 is 2.33 bits per heavy atom. The van der Waals surface area contributed by atoms with Gasteiger partial charge in [-0.1, -0.05) is 13.3 Å². The number of thiazole rings is 1. The van der Waals surface area contributed by atoms with E-state index in [-0.39, 0.29) is 0 Å². The zero-order valence-electron chi connectivity index (χ0n) is 8.56. The maximum absolute atomic E-state index is 10.7. The summed E-state index contributed by atoms with van der Waals surface area (Å²) in [6.45, 7) is 2.13. The van der Waals surface area contributed by atoms with Gasteiger partial charge < -0.3 is 0 Å². The minimum absolute atomic E-state index is 0.543. The summed E-state index contributed by atoms with van der Waals surface area (Å²) < 4.78 is 1.13. The van der Waals surface area contributed by atoms with Gasteiger partial charge in [0.05, 0.1) is 15.7 Å². The molecule has 0 aliphatic heterocycles. The highest BCUT2D eigenvalue weighted by Gasteiger charge is 2.09. The largest absolute Gasteiger partial charge is 0.244 e. The lowest BCUT2D eigenvalue weighted by atomic mass is 10.1. The van der Waals surface area contributed by atoms with Crippen molar-refractivity contribution in [3.05, 3.63) is 28.1 Å². The van der Waals surface area contributed by atoms with Crippen molar-refractivity contribution in [2.45, 2.75) is 26.2 Å². The SMILES string of the molecule is CCCCc1c(N=O)ccc2scnc12. The van der Waals surface area contributed by atoms with E-state index in [0.29, 0.717) is 5.69 Å². The Morgan fingerprint density at radius 1 is 1.47 bits per heavy atom. The van der Waals surface area contributed by atoms with Crippen LogP contribution in [0, 0.1) is 4.91 Å². The van der Waals surface area contributed by atoms with Gasteiger partial charge in [0.2, 0.25) is 0 Å². The van der Waals surface area contributed by atoms with Gasteiger partial charge in [0, 0.05) is 5.56 Å². The molecule has 0 amide bonds. The molecule has 1 aromatic carbocycles. The molecule has 4 heteroatoms. The number of hydrogen-bond acceptors (Lipinski definition) is 4. The summed E-state index contributed by atoms with van der Waals surface area (Å²) in [5.74, 6) is 0. The Hall–Kier alpha value is -1.29. The van der Waals surface area contributed by atoms with Crippen LogP contribution in [0.1, 0.15) is 25.3 Å². The number of benzene rings is 1. The van der Waals surface area contributed by atoms with E-state index in [2.05, 4.69) is 17.1 Å². The molecule has 15 heavy (non-hydrogen) atoms. The van der Waals surface area contributed by atoms with Gasteiger partial charge in [0.15, 0.2) is 0 Å². The predicted octanol–water partition coefficient (Wildman–Crippen LogP) is 4.04. The molecule has 2 aromatic rings. The third-order valence-corrected chi connectivity index (χ3v) is 3.26. The van der Waals surface area contributed by atoms with Gasteiger partial charge in [-0.15, -0.1) is 16.2 Å². The van der Waals surface area contributed by atoms with Crippen LogP contribution in [0.3, 0.4) is 0 Å². The molecule has 1 heterocycles. The van der Waals surface area contributed by atoms with Crippen LogP contribution in [0.25, 0.3) is 10.2 Å². The fraction of sp³-hybridized carbons (Fsp3) is 0.364. The van der Waals surface area contributed by atoms with Crippen LogP contribution >= 0.6 is 11.3 Å². The Labute approximate surface area is 92.1 Å². The standard InChI is InChI=1S/C11H12N2OS/c1-2-3-4-8-9(13-14)5-6-10-11(8)12-7-15-10/h5-7H,2-4H2,1H3. The molecule has 0 radical (unpaired) electrons. The van der Waals surface area contributed by atoms with Gasteiger partial charge in [-0.3, -0.25) is 0 Å². The zero-order valence-corrected chi connectivity index (χ0v) is 9.38. The summed E-state index contributed by atoms with van der Waals surface area (Å²) in [4.78, 5) is 15.0. The molecule has 0 unspecified atom stereocenters. The lowest BCUT2D eigenvalue weighted by Crippen LogP contribution is -1.87. The lowest BCUT2D eigenvalue weighted by Gasteiger charge is -2.03. The van der Waals surface area contributed by atoms with E-state index < -0.39 is 0 Å². The van der Waals surface area contributed by atoms with Crippen molar-refractivity contribution in [3.8, 4) is 0 Å². The maximum Gasteiger partial charge on any atom is 0.113 e. The summed E-state index contributed by atoms with van der Waals surface area (Å²) >= 11 is 1.60. The third kappa shape index (κ3) is 1.90. The van der Waals surface area contributed by atoms with Crippen LogP contribution in [0.4, 0.5) is 5.69 Å². The van der Waals surface area contributed by atoms with Crippen molar-refractivity contribution < 1.29 is 0 Å². The highest BCUT2D eigenvalue weighted by Crippen LogP contribution is 2.30. The molecule has 0 aliphatic carbocycles. The third-order valence-electron chi connectivity index (χ3n) is 2.46. The average molecular weight is 220 g/mol. The summed E-state index contributed by atoms with van der Waals surface area (Å²) in [5.41, 5.74) is 4.31. The van der Waals surface area contributed by atoms with Crippen LogP contribution < -0.4 is 0 Å². The number of fused-ring (bicyclic) bond motifs is 1. The van der Waals surface area contributed by atoms with Crippen molar-refractivity contribution in [2.75, 3.05) is 0 Å². The van der Waals surface area contributed by atoms with Crippen LogP contribution in [0.15, 0.2) is 22.8 Å². The second-order valence-corrected chi connectivity index (χ2v) is 4.34. The summed E-state index contributed by atoms with van der Waals surface area (Å²) in [7, 11) is 0. The second kappa shape index (κ2) is 4.49. The molecule has 3 nitrogen and oxygen atoms in total. The maximum atomic E-state index is 10.7. The first-order valence-electron chi connectivity index (χ1n) is 5.05. The average Bonchev–Trinajstić information content (AvgIpc) is 2.73.